The summed E-state index contributed by atoms with van der Waals surface area (Å²) < 4.78 is 1.31. The molecule has 0 unspecified atom stereocenters. The third kappa shape index (κ3) is 1.19. The molecule has 3 heterocycles. The molecular formula is C9H17ClN+. The summed E-state index contributed by atoms with van der Waals surface area (Å²) in [6.07, 6.45) is 2.75. The zero-order valence-electron chi connectivity index (χ0n) is 7.22. The van der Waals surface area contributed by atoms with Crippen molar-refractivity contribution in [1.29, 1.82) is 0 Å². The first-order valence-electron chi connectivity index (χ1n) is 4.75. The van der Waals surface area contributed by atoms with E-state index in [2.05, 4.69) is 6.92 Å². The summed E-state index contributed by atoms with van der Waals surface area (Å²) in [5.41, 5.74) is 0. The third-order valence-electron chi connectivity index (χ3n) is 3.69. The Hall–Kier alpha value is 0.250. The molecule has 0 radical (unpaired) electrons. The van der Waals surface area contributed by atoms with Gasteiger partial charge in [0.2, 0.25) is 0 Å². The molecule has 3 rings (SSSR count). The van der Waals surface area contributed by atoms with Gasteiger partial charge in [-0.1, -0.05) is 0 Å². The predicted molar refractivity (Wildman–Crippen MR) is 47.8 cm³/mol. The van der Waals surface area contributed by atoms with Gasteiger partial charge in [0.25, 0.3) is 0 Å². The Morgan fingerprint density at radius 3 is 2.36 bits per heavy atom. The molecule has 0 aliphatic carbocycles. The summed E-state index contributed by atoms with van der Waals surface area (Å²) in [6.45, 7) is 7.61. The van der Waals surface area contributed by atoms with Gasteiger partial charge < -0.3 is 4.48 Å². The fourth-order valence-corrected chi connectivity index (χ4v) is 3.19. The number of piperidine rings is 3. The molecule has 0 aromatic rings. The van der Waals surface area contributed by atoms with Crippen LogP contribution in [0.4, 0.5) is 0 Å². The number of alkyl halides is 1. The molecule has 0 amide bonds. The lowest BCUT2D eigenvalue weighted by Crippen LogP contribution is -2.62. The lowest BCUT2D eigenvalue weighted by Gasteiger charge is -2.50. The zero-order valence-corrected chi connectivity index (χ0v) is 7.98. The van der Waals surface area contributed by atoms with Gasteiger partial charge in [0, 0.05) is 12.8 Å². The minimum absolute atomic E-state index is 0.484. The van der Waals surface area contributed by atoms with Crippen LogP contribution in [0, 0.1) is 5.92 Å². The highest BCUT2D eigenvalue weighted by Gasteiger charge is 2.43. The third-order valence-corrected chi connectivity index (χ3v) is 4.19. The molecule has 3 fully saturated rings. The number of nitrogens with zero attached hydrogens (tertiary/aromatic N) is 1. The van der Waals surface area contributed by atoms with Crippen molar-refractivity contribution in [3.63, 3.8) is 0 Å². The Balaban J connectivity index is 2.12. The van der Waals surface area contributed by atoms with Gasteiger partial charge in [-0.3, -0.25) is 0 Å². The quantitative estimate of drug-likeness (QED) is 0.421. The van der Waals surface area contributed by atoms with Gasteiger partial charge in [-0.2, -0.15) is 0 Å². The highest BCUT2D eigenvalue weighted by atomic mass is 35.5. The SMILES string of the molecule is CC[N+]12CCC(CC1)[C@H](Cl)C2. The molecule has 0 N–H and O–H groups in total. The average Bonchev–Trinajstić information content (AvgIpc) is 2.06. The molecule has 64 valence electrons. The second-order valence-electron chi connectivity index (χ2n) is 4.14. The molecule has 2 heteroatoms. The molecule has 3 aliphatic rings. The first-order valence-corrected chi connectivity index (χ1v) is 5.18. The van der Waals surface area contributed by atoms with Crippen molar-refractivity contribution in [3.05, 3.63) is 0 Å². The lowest BCUT2D eigenvalue weighted by molar-refractivity contribution is -0.940. The standard InChI is InChI=1S/C9H17ClN/c1-2-11-5-3-8(4-6-11)9(10)7-11/h8-9H,2-7H2,1H3/q+1/t8?,9-,11?/m1/s1. The van der Waals surface area contributed by atoms with Crippen LogP contribution in [-0.4, -0.2) is 36.0 Å². The first kappa shape index (κ1) is 7.88. The monoisotopic (exact) mass is 174 g/mol. The maximum atomic E-state index is 6.27. The van der Waals surface area contributed by atoms with Gasteiger partial charge in [0.15, 0.2) is 0 Å². The smallest absolute Gasteiger partial charge is 0.0955 e. The van der Waals surface area contributed by atoms with Crippen LogP contribution in [0.5, 0.6) is 0 Å². The predicted octanol–water partition coefficient (Wildman–Crippen LogP) is 1.85. The molecule has 0 spiro atoms. The van der Waals surface area contributed by atoms with Gasteiger partial charge >= 0.3 is 0 Å². The molecule has 1 atom stereocenters. The van der Waals surface area contributed by atoms with Crippen LogP contribution in [0.15, 0.2) is 0 Å². The minimum atomic E-state index is 0.484. The number of halogens is 1. The molecule has 11 heavy (non-hydrogen) atoms. The number of quaternary nitrogens is 1. The molecule has 3 saturated heterocycles. The second-order valence-corrected chi connectivity index (χ2v) is 4.70. The van der Waals surface area contributed by atoms with E-state index in [1.807, 2.05) is 0 Å². The van der Waals surface area contributed by atoms with Crippen LogP contribution in [0.1, 0.15) is 19.8 Å². The van der Waals surface area contributed by atoms with Crippen molar-refractivity contribution in [2.75, 3.05) is 26.2 Å². The Morgan fingerprint density at radius 1 is 1.36 bits per heavy atom. The Labute approximate surface area is 73.9 Å². The van der Waals surface area contributed by atoms with E-state index in [4.69, 9.17) is 11.6 Å². The van der Waals surface area contributed by atoms with E-state index >= 15 is 0 Å². The maximum absolute atomic E-state index is 6.27. The largest absolute Gasteiger partial charge is 0.323 e. The highest BCUT2D eigenvalue weighted by molar-refractivity contribution is 6.21. The van der Waals surface area contributed by atoms with E-state index < -0.39 is 0 Å². The van der Waals surface area contributed by atoms with Crippen molar-refractivity contribution in [2.24, 2.45) is 5.92 Å². The molecule has 0 saturated carbocycles. The van der Waals surface area contributed by atoms with Crippen molar-refractivity contribution < 1.29 is 4.48 Å². The van der Waals surface area contributed by atoms with E-state index in [0.29, 0.717) is 5.38 Å². The van der Waals surface area contributed by atoms with Crippen LogP contribution in [0.2, 0.25) is 0 Å². The van der Waals surface area contributed by atoms with E-state index in [9.17, 15) is 0 Å². The Kier molecular flexibility index (Phi) is 1.89. The maximum Gasteiger partial charge on any atom is 0.0955 e. The van der Waals surface area contributed by atoms with E-state index in [-0.39, 0.29) is 0 Å². The number of fused-ring (bicyclic) bond motifs is 3. The summed E-state index contributed by atoms with van der Waals surface area (Å²) in [6, 6.07) is 0. The Morgan fingerprint density at radius 2 is 2.00 bits per heavy atom. The fourth-order valence-electron chi connectivity index (χ4n) is 2.64. The molecule has 3 aliphatic heterocycles. The average molecular weight is 175 g/mol. The van der Waals surface area contributed by atoms with Crippen LogP contribution < -0.4 is 0 Å². The molecule has 0 aromatic carbocycles. The van der Waals surface area contributed by atoms with Crippen LogP contribution in [0.25, 0.3) is 0 Å². The summed E-state index contributed by atoms with van der Waals surface area (Å²) >= 11 is 6.27. The fraction of sp³-hybridized carbons (Fsp3) is 1.00. The zero-order chi connectivity index (χ0) is 7.90. The van der Waals surface area contributed by atoms with Gasteiger partial charge in [-0.25, -0.2) is 0 Å². The molecule has 1 nitrogen and oxygen atoms in total. The first-order chi connectivity index (χ1) is 5.26. The van der Waals surface area contributed by atoms with Gasteiger partial charge in [0.05, 0.1) is 31.6 Å². The van der Waals surface area contributed by atoms with E-state index in [0.717, 1.165) is 5.92 Å². The van der Waals surface area contributed by atoms with Crippen LogP contribution in [-0.2, 0) is 0 Å². The highest BCUT2D eigenvalue weighted by Crippen LogP contribution is 2.36. The van der Waals surface area contributed by atoms with Crippen LogP contribution >= 0.6 is 11.6 Å². The Bertz CT molecular complexity index is 150. The normalized spacial score (nSPS) is 49.6. The van der Waals surface area contributed by atoms with Crippen molar-refractivity contribution in [1.82, 2.24) is 0 Å². The summed E-state index contributed by atoms with van der Waals surface area (Å²) in [5.74, 6) is 0.850. The van der Waals surface area contributed by atoms with Crippen molar-refractivity contribution >= 4 is 11.6 Å². The summed E-state index contributed by atoms with van der Waals surface area (Å²) in [7, 11) is 0. The van der Waals surface area contributed by atoms with Crippen molar-refractivity contribution in [3.8, 4) is 0 Å². The molecule has 2 bridgehead atoms. The van der Waals surface area contributed by atoms with Gasteiger partial charge in [-0.15, -0.1) is 11.6 Å². The molecular weight excluding hydrogens is 158 g/mol. The summed E-state index contributed by atoms with van der Waals surface area (Å²) in [5, 5.41) is 0.484. The number of hydrogen-bond donors (Lipinski definition) is 0. The summed E-state index contributed by atoms with van der Waals surface area (Å²) in [4.78, 5) is 0. The lowest BCUT2D eigenvalue weighted by atomic mass is 9.85. The van der Waals surface area contributed by atoms with E-state index in [1.165, 1.54) is 43.5 Å². The van der Waals surface area contributed by atoms with Crippen LogP contribution in [0.3, 0.4) is 0 Å². The van der Waals surface area contributed by atoms with Gasteiger partial charge in [-0.05, 0) is 12.8 Å². The second kappa shape index (κ2) is 2.63. The molecule has 0 aromatic heterocycles. The van der Waals surface area contributed by atoms with Crippen molar-refractivity contribution in [2.45, 2.75) is 25.1 Å². The minimum Gasteiger partial charge on any atom is -0.323 e. The van der Waals surface area contributed by atoms with E-state index in [1.54, 1.807) is 0 Å². The number of hydrogen-bond acceptors (Lipinski definition) is 0. The number of rotatable bonds is 1. The topological polar surface area (TPSA) is 0 Å². The van der Waals surface area contributed by atoms with Gasteiger partial charge in [0.1, 0.15) is 0 Å².